The Hall–Kier alpha value is 0.0338. The number of rotatable bonds is 24. The van der Waals surface area contributed by atoms with E-state index < -0.39 is 17.6 Å². The van der Waals surface area contributed by atoms with Crippen LogP contribution in [-0.2, 0) is 26.6 Å². The van der Waals surface area contributed by atoms with E-state index in [0.717, 1.165) is 51.1 Å². The molecule has 0 aliphatic rings. The Kier molecular flexibility index (Phi) is 27.8. The van der Waals surface area contributed by atoms with Crippen molar-refractivity contribution in [2.45, 2.75) is 66.5 Å². The number of hydrogen-bond acceptors (Lipinski definition) is 10. The fourth-order valence-corrected chi connectivity index (χ4v) is 8.54. The minimum Gasteiger partial charge on any atom is -0.374 e. The van der Waals surface area contributed by atoms with Crippen LogP contribution in [0.25, 0.3) is 0 Å². The molecule has 0 aromatic heterocycles. The smallest absolute Gasteiger partial charge is 0.374 e. The minimum absolute atomic E-state index is 0.641. The first-order valence-corrected chi connectivity index (χ1v) is 17.0. The van der Waals surface area contributed by atoms with Gasteiger partial charge in [-0.25, -0.2) is 0 Å². The van der Waals surface area contributed by atoms with Crippen molar-refractivity contribution in [3.05, 3.63) is 0 Å². The van der Waals surface area contributed by atoms with E-state index in [1.54, 1.807) is 0 Å². The van der Waals surface area contributed by atoms with Gasteiger partial charge in [0.05, 0.1) is 0 Å². The lowest BCUT2D eigenvalue weighted by Gasteiger charge is -2.28. The third kappa shape index (κ3) is 19.2. The fourth-order valence-electron chi connectivity index (χ4n) is 3.32. The van der Waals surface area contributed by atoms with Gasteiger partial charge in [-0.15, -0.1) is 0 Å². The van der Waals surface area contributed by atoms with E-state index in [9.17, 15) is 0 Å². The molecule has 0 amide bonds. The lowest BCUT2D eigenvalue weighted by molar-refractivity contribution is 0.0700. The summed E-state index contributed by atoms with van der Waals surface area (Å²) in [6, 6.07) is 1.72. The standard InChI is InChI=1S/2C11H28N2O3Si/c2*1-4-14-17(15-5-2,16-6-3)11-7-9-13-10-8-12/h2*13H,4-12H2,1-3H3. The first-order chi connectivity index (χ1) is 16.5. The summed E-state index contributed by atoms with van der Waals surface area (Å²) in [6.45, 7) is 20.6. The van der Waals surface area contributed by atoms with E-state index in [1.807, 2.05) is 41.5 Å². The van der Waals surface area contributed by atoms with Crippen molar-refractivity contribution in [1.29, 1.82) is 0 Å². The van der Waals surface area contributed by atoms with Gasteiger partial charge < -0.3 is 48.7 Å². The number of hydrogen-bond donors (Lipinski definition) is 4. The molecule has 0 radical (unpaired) electrons. The van der Waals surface area contributed by atoms with Crippen molar-refractivity contribution in [2.75, 3.05) is 78.9 Å². The van der Waals surface area contributed by atoms with Crippen LogP contribution in [0.1, 0.15) is 54.4 Å². The van der Waals surface area contributed by atoms with Gasteiger partial charge >= 0.3 is 17.6 Å². The van der Waals surface area contributed by atoms with Crippen LogP contribution in [0.4, 0.5) is 0 Å². The van der Waals surface area contributed by atoms with Crippen LogP contribution in [0.2, 0.25) is 12.1 Å². The van der Waals surface area contributed by atoms with E-state index >= 15 is 0 Å². The van der Waals surface area contributed by atoms with Gasteiger partial charge in [-0.2, -0.15) is 0 Å². The second-order valence-corrected chi connectivity index (χ2v) is 12.7. The predicted molar refractivity (Wildman–Crippen MR) is 144 cm³/mol. The van der Waals surface area contributed by atoms with Crippen molar-refractivity contribution in [1.82, 2.24) is 10.6 Å². The predicted octanol–water partition coefficient (Wildman–Crippen LogP) is 1.95. The van der Waals surface area contributed by atoms with Gasteiger partial charge in [0.2, 0.25) is 0 Å². The maximum absolute atomic E-state index is 5.76. The molecule has 0 unspecified atom stereocenters. The van der Waals surface area contributed by atoms with Gasteiger partial charge in [0.1, 0.15) is 0 Å². The first kappa shape index (κ1) is 36.2. The Morgan fingerprint density at radius 3 is 0.941 bits per heavy atom. The molecule has 0 fully saturated rings. The zero-order chi connectivity index (χ0) is 26.0. The topological polar surface area (TPSA) is 131 Å². The molecule has 0 aromatic carbocycles. The normalized spacial score (nSPS) is 12.0. The van der Waals surface area contributed by atoms with Gasteiger partial charge in [-0.3, -0.25) is 0 Å². The zero-order valence-electron chi connectivity index (χ0n) is 22.9. The van der Waals surface area contributed by atoms with Crippen molar-refractivity contribution in [3.8, 4) is 0 Å². The van der Waals surface area contributed by atoms with Gasteiger partial charge in [-0.05, 0) is 67.5 Å². The second kappa shape index (κ2) is 26.1. The Balaban J connectivity index is 0. The molecule has 10 nitrogen and oxygen atoms in total. The summed E-state index contributed by atoms with van der Waals surface area (Å²) in [7, 11) is -4.85. The maximum Gasteiger partial charge on any atom is 0.500 e. The van der Waals surface area contributed by atoms with Gasteiger partial charge in [0.15, 0.2) is 0 Å². The quantitative estimate of drug-likeness (QED) is 0.109. The van der Waals surface area contributed by atoms with Gasteiger partial charge in [0.25, 0.3) is 0 Å². The van der Waals surface area contributed by atoms with Crippen molar-refractivity contribution in [2.24, 2.45) is 11.5 Å². The fraction of sp³-hybridized carbons (Fsp3) is 1.00. The molecule has 0 aromatic rings. The Bertz CT molecular complexity index is 348. The zero-order valence-corrected chi connectivity index (χ0v) is 24.9. The molecule has 0 saturated carbocycles. The molecule has 12 heteroatoms. The molecular formula is C22H56N4O6Si2. The molecule has 0 rings (SSSR count). The van der Waals surface area contributed by atoms with Crippen LogP contribution < -0.4 is 22.1 Å². The average molecular weight is 529 g/mol. The Morgan fingerprint density at radius 1 is 0.471 bits per heavy atom. The summed E-state index contributed by atoms with van der Waals surface area (Å²) in [6.07, 6.45) is 1.98. The molecular weight excluding hydrogens is 472 g/mol. The summed E-state index contributed by atoms with van der Waals surface area (Å²) in [5.74, 6) is 0. The highest BCUT2D eigenvalue weighted by molar-refractivity contribution is 6.61. The molecule has 0 heterocycles. The van der Waals surface area contributed by atoms with E-state index in [2.05, 4.69) is 10.6 Å². The summed E-state index contributed by atoms with van der Waals surface area (Å²) in [5.41, 5.74) is 10.8. The van der Waals surface area contributed by atoms with Crippen LogP contribution in [0.3, 0.4) is 0 Å². The molecule has 0 saturated heterocycles. The molecule has 0 bridgehead atoms. The van der Waals surface area contributed by atoms with Gasteiger partial charge in [-0.1, -0.05) is 0 Å². The highest BCUT2D eigenvalue weighted by Gasteiger charge is 2.40. The Morgan fingerprint density at radius 2 is 0.735 bits per heavy atom. The maximum atomic E-state index is 5.76. The minimum atomic E-state index is -2.43. The third-order valence-electron chi connectivity index (χ3n) is 4.50. The Labute approximate surface area is 211 Å². The monoisotopic (exact) mass is 528 g/mol. The van der Waals surface area contributed by atoms with Crippen LogP contribution in [-0.4, -0.2) is 96.5 Å². The van der Waals surface area contributed by atoms with E-state index in [-0.39, 0.29) is 0 Å². The lowest BCUT2D eigenvalue weighted by atomic mass is 10.5. The van der Waals surface area contributed by atoms with E-state index in [1.165, 1.54) is 0 Å². The lowest BCUT2D eigenvalue weighted by Crippen LogP contribution is -2.46. The van der Waals surface area contributed by atoms with E-state index in [0.29, 0.717) is 52.7 Å². The number of nitrogens with one attached hydrogen (secondary N) is 2. The molecule has 0 aliphatic carbocycles. The van der Waals surface area contributed by atoms with Gasteiger partial charge in [0, 0.05) is 77.9 Å². The van der Waals surface area contributed by atoms with Crippen molar-refractivity contribution in [3.63, 3.8) is 0 Å². The van der Waals surface area contributed by atoms with Crippen LogP contribution in [0.5, 0.6) is 0 Å². The summed E-state index contributed by atoms with van der Waals surface area (Å²) in [4.78, 5) is 0. The third-order valence-corrected chi connectivity index (χ3v) is 10.8. The second-order valence-electron chi connectivity index (χ2n) is 7.25. The largest absolute Gasteiger partial charge is 0.500 e. The molecule has 34 heavy (non-hydrogen) atoms. The average Bonchev–Trinajstić information content (AvgIpc) is 2.80. The molecule has 6 N–H and O–H groups in total. The highest BCUT2D eigenvalue weighted by Crippen LogP contribution is 2.18. The van der Waals surface area contributed by atoms with Crippen LogP contribution >= 0.6 is 0 Å². The summed E-state index contributed by atoms with van der Waals surface area (Å²) in [5, 5.41) is 6.53. The SMILES string of the molecule is CCO[Si](CCCNCCN)(OCC)OCC.CCO[Si](CCCNCCN)(OCC)OCC. The highest BCUT2D eigenvalue weighted by atomic mass is 28.4. The molecule has 0 aliphatic heterocycles. The summed E-state index contributed by atoms with van der Waals surface area (Å²) >= 11 is 0. The van der Waals surface area contributed by atoms with Crippen LogP contribution in [0.15, 0.2) is 0 Å². The summed E-state index contributed by atoms with van der Waals surface area (Å²) < 4.78 is 34.6. The van der Waals surface area contributed by atoms with E-state index in [4.69, 9.17) is 38.0 Å². The van der Waals surface area contributed by atoms with Crippen LogP contribution in [0, 0.1) is 0 Å². The van der Waals surface area contributed by atoms with Crippen molar-refractivity contribution < 1.29 is 26.6 Å². The molecule has 208 valence electrons. The first-order valence-electron chi connectivity index (χ1n) is 13.1. The number of nitrogens with two attached hydrogens (primary N) is 2. The molecule has 0 spiro atoms. The molecule has 0 atom stereocenters. The van der Waals surface area contributed by atoms with Crippen molar-refractivity contribution >= 4 is 17.6 Å².